The van der Waals surface area contributed by atoms with Gasteiger partial charge in [0.2, 0.25) is 5.91 Å². The fourth-order valence-corrected chi connectivity index (χ4v) is 2.38. The summed E-state index contributed by atoms with van der Waals surface area (Å²) in [6, 6.07) is 10.0. The minimum absolute atomic E-state index is 0.00996. The van der Waals surface area contributed by atoms with Crippen molar-refractivity contribution in [3.05, 3.63) is 35.9 Å². The molecule has 0 spiro atoms. The predicted molar refractivity (Wildman–Crippen MR) is 76.3 cm³/mol. The number of nitrogens with zero attached hydrogens (tertiary/aromatic N) is 1. The Balaban J connectivity index is 1.73. The Bertz CT molecular complexity index is 413. The van der Waals surface area contributed by atoms with Gasteiger partial charge in [0.05, 0.1) is 0 Å². The second kappa shape index (κ2) is 6.50. The van der Waals surface area contributed by atoms with E-state index in [2.05, 4.69) is 10.2 Å². The second-order valence-corrected chi connectivity index (χ2v) is 4.92. The summed E-state index contributed by atoms with van der Waals surface area (Å²) in [4.78, 5) is 13.8. The highest BCUT2D eigenvalue weighted by molar-refractivity contribution is 7.80. The number of benzene rings is 1. The van der Waals surface area contributed by atoms with E-state index in [0.717, 1.165) is 19.5 Å². The van der Waals surface area contributed by atoms with Crippen LogP contribution in [0.25, 0.3) is 0 Å². The number of hydrogen-bond donors (Lipinski definition) is 1. The first kappa shape index (κ1) is 13.0. The number of nitrogens with one attached hydrogen (secondary N) is 1. The third-order valence-corrected chi connectivity index (χ3v) is 3.48. The van der Waals surface area contributed by atoms with E-state index in [-0.39, 0.29) is 5.91 Å². The first-order chi connectivity index (χ1) is 8.75. The van der Waals surface area contributed by atoms with Crippen LogP contribution in [0, 0.1) is 0 Å². The van der Waals surface area contributed by atoms with Gasteiger partial charge in [-0.25, -0.2) is 0 Å². The second-order valence-electron chi connectivity index (χ2n) is 4.53. The van der Waals surface area contributed by atoms with E-state index in [1.54, 1.807) is 0 Å². The van der Waals surface area contributed by atoms with Gasteiger partial charge in [0.15, 0.2) is 5.11 Å². The normalized spacial score (nSPS) is 14.6. The Hall–Kier alpha value is -1.42. The highest BCUT2D eigenvalue weighted by Gasteiger charge is 2.16. The molecule has 0 aliphatic carbocycles. The molecule has 1 heterocycles. The first-order valence-corrected chi connectivity index (χ1v) is 6.79. The van der Waals surface area contributed by atoms with Gasteiger partial charge in [0.25, 0.3) is 0 Å². The number of likely N-dealkylation sites (tertiary alicyclic amines) is 1. The quantitative estimate of drug-likeness (QED) is 0.847. The van der Waals surface area contributed by atoms with Crippen molar-refractivity contribution in [3.8, 4) is 0 Å². The largest absolute Gasteiger partial charge is 0.349 e. The van der Waals surface area contributed by atoms with Crippen molar-refractivity contribution in [2.75, 3.05) is 13.1 Å². The molecular weight excluding hydrogens is 244 g/mol. The number of hydrogen-bond acceptors (Lipinski definition) is 2. The van der Waals surface area contributed by atoms with Crippen molar-refractivity contribution >= 4 is 23.2 Å². The van der Waals surface area contributed by atoms with E-state index in [9.17, 15) is 4.79 Å². The maximum atomic E-state index is 11.8. The average molecular weight is 262 g/mol. The zero-order valence-corrected chi connectivity index (χ0v) is 11.2. The molecule has 1 aliphatic rings. The molecule has 0 bridgehead atoms. The van der Waals surface area contributed by atoms with Crippen LogP contribution in [-0.2, 0) is 11.2 Å². The zero-order valence-electron chi connectivity index (χ0n) is 10.4. The third kappa shape index (κ3) is 3.81. The number of amides is 1. The van der Waals surface area contributed by atoms with E-state index in [4.69, 9.17) is 12.2 Å². The SMILES string of the molecule is O=C(CCc1ccccc1)NC(=S)N1CCCC1. The minimum Gasteiger partial charge on any atom is -0.349 e. The molecule has 96 valence electrons. The van der Waals surface area contributed by atoms with E-state index in [1.165, 1.54) is 18.4 Å². The fourth-order valence-electron chi connectivity index (χ4n) is 2.08. The summed E-state index contributed by atoms with van der Waals surface area (Å²) in [6.07, 6.45) is 3.58. The topological polar surface area (TPSA) is 32.3 Å². The van der Waals surface area contributed by atoms with Gasteiger partial charge in [-0.2, -0.15) is 0 Å². The summed E-state index contributed by atoms with van der Waals surface area (Å²) in [5.41, 5.74) is 1.18. The van der Waals surface area contributed by atoms with Crippen LogP contribution in [-0.4, -0.2) is 29.0 Å². The molecular formula is C14H18N2OS. The molecule has 1 N–H and O–H groups in total. The molecule has 1 aromatic carbocycles. The molecule has 18 heavy (non-hydrogen) atoms. The first-order valence-electron chi connectivity index (χ1n) is 6.38. The summed E-state index contributed by atoms with van der Waals surface area (Å²) >= 11 is 5.21. The van der Waals surface area contributed by atoms with Crippen molar-refractivity contribution in [2.24, 2.45) is 0 Å². The Labute approximate surface area is 113 Å². The summed E-state index contributed by atoms with van der Waals surface area (Å²) in [7, 11) is 0. The van der Waals surface area contributed by atoms with Crippen molar-refractivity contribution in [1.82, 2.24) is 10.2 Å². The third-order valence-electron chi connectivity index (χ3n) is 3.12. The summed E-state index contributed by atoms with van der Waals surface area (Å²) in [5, 5.41) is 3.40. The lowest BCUT2D eigenvalue weighted by molar-refractivity contribution is -0.119. The maximum Gasteiger partial charge on any atom is 0.226 e. The number of rotatable bonds is 3. The van der Waals surface area contributed by atoms with Crippen molar-refractivity contribution in [2.45, 2.75) is 25.7 Å². The molecule has 0 radical (unpaired) electrons. The smallest absolute Gasteiger partial charge is 0.226 e. The van der Waals surface area contributed by atoms with Crippen LogP contribution in [0.4, 0.5) is 0 Å². The van der Waals surface area contributed by atoms with Gasteiger partial charge in [0.1, 0.15) is 0 Å². The molecule has 4 heteroatoms. The van der Waals surface area contributed by atoms with Crippen LogP contribution >= 0.6 is 12.2 Å². The van der Waals surface area contributed by atoms with Crippen LogP contribution in [0.5, 0.6) is 0 Å². The molecule has 3 nitrogen and oxygen atoms in total. The van der Waals surface area contributed by atoms with Gasteiger partial charge in [-0.1, -0.05) is 30.3 Å². The zero-order chi connectivity index (χ0) is 12.8. The minimum atomic E-state index is 0.00996. The van der Waals surface area contributed by atoms with Crippen LogP contribution in [0.1, 0.15) is 24.8 Å². The standard InChI is InChI=1S/C14H18N2OS/c17-13(9-8-12-6-2-1-3-7-12)15-14(18)16-10-4-5-11-16/h1-3,6-7H,4-5,8-11H2,(H,15,17,18). The number of aryl methyl sites for hydroxylation is 1. The van der Waals surface area contributed by atoms with Crippen molar-refractivity contribution < 1.29 is 4.79 Å². The predicted octanol–water partition coefficient (Wildman–Crippen LogP) is 2.12. The van der Waals surface area contributed by atoms with Gasteiger partial charge in [-0.3, -0.25) is 4.79 Å². The summed E-state index contributed by atoms with van der Waals surface area (Å²) in [5.74, 6) is 0.00996. The molecule has 1 fully saturated rings. The van der Waals surface area contributed by atoms with Gasteiger partial charge in [-0.15, -0.1) is 0 Å². The van der Waals surface area contributed by atoms with Crippen LogP contribution in [0.15, 0.2) is 30.3 Å². The van der Waals surface area contributed by atoms with Gasteiger partial charge < -0.3 is 10.2 Å². The van der Waals surface area contributed by atoms with E-state index >= 15 is 0 Å². The lowest BCUT2D eigenvalue weighted by atomic mass is 10.1. The Kier molecular flexibility index (Phi) is 4.70. The Morgan fingerprint density at radius 2 is 1.89 bits per heavy atom. The molecule has 2 rings (SSSR count). The fraction of sp³-hybridized carbons (Fsp3) is 0.429. The van der Waals surface area contributed by atoms with E-state index in [1.807, 2.05) is 30.3 Å². The summed E-state index contributed by atoms with van der Waals surface area (Å²) in [6.45, 7) is 1.94. The van der Waals surface area contributed by atoms with Crippen molar-refractivity contribution in [3.63, 3.8) is 0 Å². The number of carbonyl (C=O) groups excluding carboxylic acids is 1. The molecule has 0 unspecified atom stereocenters. The van der Waals surface area contributed by atoms with Crippen LogP contribution in [0.3, 0.4) is 0 Å². The Morgan fingerprint density at radius 3 is 2.56 bits per heavy atom. The molecule has 1 saturated heterocycles. The molecule has 0 atom stereocenters. The monoisotopic (exact) mass is 262 g/mol. The molecule has 0 saturated carbocycles. The van der Waals surface area contributed by atoms with Crippen LogP contribution in [0.2, 0.25) is 0 Å². The van der Waals surface area contributed by atoms with Gasteiger partial charge in [0, 0.05) is 19.5 Å². The maximum absolute atomic E-state index is 11.8. The number of carbonyl (C=O) groups is 1. The Morgan fingerprint density at radius 1 is 1.22 bits per heavy atom. The van der Waals surface area contributed by atoms with E-state index < -0.39 is 0 Å². The van der Waals surface area contributed by atoms with Crippen LogP contribution < -0.4 is 5.32 Å². The molecule has 1 amide bonds. The lowest BCUT2D eigenvalue weighted by Crippen LogP contribution is -2.41. The van der Waals surface area contributed by atoms with Gasteiger partial charge >= 0.3 is 0 Å². The van der Waals surface area contributed by atoms with Crippen molar-refractivity contribution in [1.29, 1.82) is 0 Å². The molecule has 1 aromatic rings. The van der Waals surface area contributed by atoms with Gasteiger partial charge in [-0.05, 0) is 37.0 Å². The molecule has 0 aromatic heterocycles. The van der Waals surface area contributed by atoms with E-state index in [0.29, 0.717) is 11.5 Å². The highest BCUT2D eigenvalue weighted by Crippen LogP contribution is 2.07. The number of thiocarbonyl (C=S) groups is 1. The average Bonchev–Trinajstić information content (AvgIpc) is 2.91. The lowest BCUT2D eigenvalue weighted by Gasteiger charge is -2.18. The molecule has 1 aliphatic heterocycles. The summed E-state index contributed by atoms with van der Waals surface area (Å²) < 4.78 is 0. The highest BCUT2D eigenvalue weighted by atomic mass is 32.1.